The predicted octanol–water partition coefficient (Wildman–Crippen LogP) is 0.723. The van der Waals surface area contributed by atoms with Gasteiger partial charge in [-0.3, -0.25) is 9.59 Å². The summed E-state index contributed by atoms with van der Waals surface area (Å²) in [5, 5.41) is 11.3. The minimum atomic E-state index is -0.781. The molecule has 6 heteroatoms. The van der Waals surface area contributed by atoms with Gasteiger partial charge in [0.05, 0.1) is 21.8 Å². The number of primary amides is 1. The molecule has 5 nitrogen and oxygen atoms in total. The Hall–Kier alpha value is -1.84. The second kappa shape index (κ2) is 7.08. The molecule has 108 valence electrons. The zero-order valence-corrected chi connectivity index (χ0v) is 12.3. The third kappa shape index (κ3) is 4.68. The smallest absolute Gasteiger partial charge is 0.261 e. The maximum atomic E-state index is 11.9. The van der Waals surface area contributed by atoms with E-state index >= 15 is 0 Å². The molecule has 0 atom stereocenters. The van der Waals surface area contributed by atoms with Crippen molar-refractivity contribution in [1.82, 2.24) is 5.32 Å². The molecule has 0 aliphatic carbocycles. The van der Waals surface area contributed by atoms with Gasteiger partial charge in [0.1, 0.15) is 0 Å². The third-order valence-corrected chi connectivity index (χ3v) is 3.64. The first-order chi connectivity index (χ1) is 9.36. The first-order valence-corrected chi connectivity index (χ1v) is 6.96. The van der Waals surface area contributed by atoms with E-state index in [-0.39, 0.29) is 19.1 Å². The van der Waals surface area contributed by atoms with E-state index in [1.807, 2.05) is 0 Å². The summed E-state index contributed by atoms with van der Waals surface area (Å²) in [6.07, 6.45) is 0.409. The lowest BCUT2D eigenvalue weighted by atomic mass is 9.93. The van der Waals surface area contributed by atoms with E-state index in [9.17, 15) is 9.59 Å². The first-order valence-electron chi connectivity index (χ1n) is 6.14. The molecule has 0 aromatic carbocycles. The number of rotatable bonds is 5. The maximum Gasteiger partial charge on any atom is 0.261 e. The maximum absolute atomic E-state index is 11.9. The zero-order chi connectivity index (χ0) is 15.2. The molecule has 1 aromatic rings. The number of hydrogen-bond donors (Lipinski definition) is 3. The van der Waals surface area contributed by atoms with Crippen molar-refractivity contribution in [1.29, 1.82) is 0 Å². The first kappa shape index (κ1) is 16.2. The fourth-order valence-corrected chi connectivity index (χ4v) is 2.01. The highest BCUT2D eigenvalue weighted by Crippen LogP contribution is 2.17. The van der Waals surface area contributed by atoms with Crippen LogP contribution >= 0.6 is 11.3 Å². The zero-order valence-electron chi connectivity index (χ0n) is 11.5. The lowest BCUT2D eigenvalue weighted by molar-refractivity contribution is -0.125. The monoisotopic (exact) mass is 294 g/mol. The second-order valence-electron chi connectivity index (χ2n) is 4.87. The molecule has 2 amide bonds. The molecule has 20 heavy (non-hydrogen) atoms. The van der Waals surface area contributed by atoms with Crippen LogP contribution in [0.5, 0.6) is 0 Å². The molecule has 1 rings (SSSR count). The molecule has 0 unspecified atom stereocenters. The lowest BCUT2D eigenvalue weighted by Gasteiger charge is -2.20. The largest absolute Gasteiger partial charge is 0.395 e. The quantitative estimate of drug-likeness (QED) is 0.699. The van der Waals surface area contributed by atoms with Gasteiger partial charge < -0.3 is 16.2 Å². The van der Waals surface area contributed by atoms with Crippen LogP contribution < -0.4 is 11.1 Å². The van der Waals surface area contributed by atoms with E-state index in [1.54, 1.807) is 26.0 Å². The summed E-state index contributed by atoms with van der Waals surface area (Å²) in [5.41, 5.74) is 4.46. The minimum absolute atomic E-state index is 0.0217. The topological polar surface area (TPSA) is 92.4 Å². The van der Waals surface area contributed by atoms with E-state index in [1.165, 1.54) is 11.3 Å². The van der Waals surface area contributed by atoms with Crippen LogP contribution in [0.1, 0.15) is 34.8 Å². The molecule has 1 aromatic heterocycles. The Morgan fingerprint density at radius 3 is 2.75 bits per heavy atom. The second-order valence-corrected chi connectivity index (χ2v) is 5.95. The van der Waals surface area contributed by atoms with E-state index in [4.69, 9.17) is 10.8 Å². The van der Waals surface area contributed by atoms with Crippen molar-refractivity contribution in [3.8, 4) is 11.8 Å². The summed E-state index contributed by atoms with van der Waals surface area (Å²) in [4.78, 5) is 24.4. The number of aliphatic hydroxyl groups excluding tert-OH is 1. The number of amides is 2. The Morgan fingerprint density at radius 1 is 1.45 bits per heavy atom. The standard InChI is InChI=1S/C14H18N2O3S/c1-14(2,13(15)19)9-16-12(18)11-7-6-10(20-11)5-3-4-8-17/h6-7,17H,4,8-9H2,1-2H3,(H2,15,19)(H,16,18). The van der Waals surface area contributed by atoms with Gasteiger partial charge in [0.15, 0.2) is 0 Å². The number of nitrogens with one attached hydrogen (secondary N) is 1. The predicted molar refractivity (Wildman–Crippen MR) is 78.2 cm³/mol. The van der Waals surface area contributed by atoms with Gasteiger partial charge in [-0.2, -0.15) is 0 Å². The normalized spacial score (nSPS) is 10.6. The van der Waals surface area contributed by atoms with Crippen LogP contribution in [0.3, 0.4) is 0 Å². The SMILES string of the molecule is CC(C)(CNC(=O)c1ccc(C#CCCO)s1)C(N)=O. The Labute approximate surface area is 122 Å². The summed E-state index contributed by atoms with van der Waals surface area (Å²) in [5.74, 6) is 4.95. The van der Waals surface area contributed by atoms with E-state index in [0.717, 1.165) is 4.88 Å². The highest BCUT2D eigenvalue weighted by molar-refractivity contribution is 7.14. The average Bonchev–Trinajstić information content (AvgIpc) is 2.85. The van der Waals surface area contributed by atoms with Crippen molar-refractivity contribution >= 4 is 23.2 Å². The van der Waals surface area contributed by atoms with Gasteiger partial charge in [0, 0.05) is 13.0 Å². The van der Waals surface area contributed by atoms with Crippen LogP contribution in [-0.2, 0) is 4.79 Å². The number of carbonyl (C=O) groups excluding carboxylic acids is 2. The number of aliphatic hydroxyl groups is 1. The summed E-state index contributed by atoms with van der Waals surface area (Å²) in [7, 11) is 0. The molecular formula is C14H18N2O3S. The summed E-state index contributed by atoms with van der Waals surface area (Å²) in [6.45, 7) is 3.56. The van der Waals surface area contributed by atoms with Gasteiger partial charge in [-0.05, 0) is 26.0 Å². The Morgan fingerprint density at radius 2 is 2.15 bits per heavy atom. The third-order valence-electron chi connectivity index (χ3n) is 2.64. The van der Waals surface area contributed by atoms with Crippen LogP contribution in [0.15, 0.2) is 12.1 Å². The molecular weight excluding hydrogens is 276 g/mol. The van der Waals surface area contributed by atoms with Gasteiger partial charge in [-0.15, -0.1) is 11.3 Å². The lowest BCUT2D eigenvalue weighted by Crippen LogP contribution is -2.42. The molecule has 1 heterocycles. The highest BCUT2D eigenvalue weighted by Gasteiger charge is 2.25. The highest BCUT2D eigenvalue weighted by atomic mass is 32.1. The Bertz CT molecular complexity index is 552. The summed E-state index contributed by atoms with van der Waals surface area (Å²) in [6, 6.07) is 3.43. The van der Waals surface area contributed by atoms with Crippen LogP contribution in [0.4, 0.5) is 0 Å². The van der Waals surface area contributed by atoms with Crippen LogP contribution in [0.2, 0.25) is 0 Å². The van der Waals surface area contributed by atoms with Crippen molar-refractivity contribution in [3.05, 3.63) is 21.9 Å². The number of nitrogens with two attached hydrogens (primary N) is 1. The summed E-state index contributed by atoms with van der Waals surface area (Å²) >= 11 is 1.27. The number of thiophene rings is 1. The van der Waals surface area contributed by atoms with Crippen molar-refractivity contribution in [2.75, 3.05) is 13.2 Å². The van der Waals surface area contributed by atoms with Gasteiger partial charge in [0.2, 0.25) is 5.91 Å². The van der Waals surface area contributed by atoms with Crippen molar-refractivity contribution < 1.29 is 14.7 Å². The summed E-state index contributed by atoms with van der Waals surface area (Å²) < 4.78 is 0. The van der Waals surface area contributed by atoms with Crippen LogP contribution in [0.25, 0.3) is 0 Å². The Kier molecular flexibility index (Phi) is 5.74. The van der Waals surface area contributed by atoms with E-state index in [0.29, 0.717) is 11.3 Å². The number of hydrogen-bond acceptors (Lipinski definition) is 4. The molecule has 0 bridgehead atoms. The molecule has 0 saturated carbocycles. The van der Waals surface area contributed by atoms with Crippen molar-refractivity contribution in [3.63, 3.8) is 0 Å². The van der Waals surface area contributed by atoms with E-state index in [2.05, 4.69) is 17.2 Å². The fraction of sp³-hybridized carbons (Fsp3) is 0.429. The van der Waals surface area contributed by atoms with Crippen molar-refractivity contribution in [2.45, 2.75) is 20.3 Å². The van der Waals surface area contributed by atoms with Crippen molar-refractivity contribution in [2.24, 2.45) is 11.1 Å². The molecule has 0 fully saturated rings. The molecule has 4 N–H and O–H groups in total. The fourth-order valence-electron chi connectivity index (χ4n) is 1.21. The average molecular weight is 294 g/mol. The van der Waals surface area contributed by atoms with Crippen LogP contribution in [0, 0.1) is 17.3 Å². The number of carbonyl (C=O) groups is 2. The van der Waals surface area contributed by atoms with Gasteiger partial charge in [-0.25, -0.2) is 0 Å². The molecule has 0 aliphatic rings. The van der Waals surface area contributed by atoms with Crippen LogP contribution in [-0.4, -0.2) is 30.1 Å². The van der Waals surface area contributed by atoms with Gasteiger partial charge in [-0.1, -0.05) is 11.8 Å². The Balaban J connectivity index is 2.61. The molecule has 0 aliphatic heterocycles. The molecule has 0 spiro atoms. The van der Waals surface area contributed by atoms with Gasteiger partial charge >= 0.3 is 0 Å². The van der Waals surface area contributed by atoms with E-state index < -0.39 is 11.3 Å². The molecule has 0 radical (unpaired) electrons. The van der Waals surface area contributed by atoms with Gasteiger partial charge in [0.25, 0.3) is 5.91 Å². The molecule has 0 saturated heterocycles. The minimum Gasteiger partial charge on any atom is -0.395 e.